The highest BCUT2D eigenvalue weighted by Crippen LogP contribution is 2.27. The quantitative estimate of drug-likeness (QED) is 0.780. The summed E-state index contributed by atoms with van der Waals surface area (Å²) >= 11 is 5.04. The molecule has 0 aromatic carbocycles. The van der Waals surface area contributed by atoms with Crippen LogP contribution in [0.2, 0.25) is 0 Å². The van der Waals surface area contributed by atoms with Crippen LogP contribution in [-0.2, 0) is 0 Å². The van der Waals surface area contributed by atoms with Crippen LogP contribution in [0.5, 0.6) is 0 Å². The lowest BCUT2D eigenvalue weighted by molar-refractivity contribution is 0.0599. The van der Waals surface area contributed by atoms with E-state index in [1.54, 1.807) is 11.3 Å². The number of carbonyl (C=O) groups excluding carboxylic acids is 1. The number of aryl methyl sites for hydroxylation is 1. The second-order valence-electron chi connectivity index (χ2n) is 4.24. The van der Waals surface area contributed by atoms with Gasteiger partial charge in [0.05, 0.1) is 5.56 Å². The average Bonchev–Trinajstić information content (AvgIpc) is 2.60. The molecule has 16 heavy (non-hydrogen) atoms. The van der Waals surface area contributed by atoms with Gasteiger partial charge in [-0.05, 0) is 37.1 Å². The molecule has 1 saturated carbocycles. The third kappa shape index (κ3) is 2.33. The Morgan fingerprint density at radius 1 is 1.56 bits per heavy atom. The van der Waals surface area contributed by atoms with Crippen LogP contribution in [0.1, 0.15) is 35.2 Å². The lowest BCUT2D eigenvalue weighted by Crippen LogP contribution is -2.45. The molecule has 0 aliphatic heterocycles. The van der Waals surface area contributed by atoms with E-state index in [2.05, 4.69) is 15.9 Å². The van der Waals surface area contributed by atoms with E-state index in [4.69, 9.17) is 0 Å². The summed E-state index contributed by atoms with van der Waals surface area (Å²) in [6.07, 6.45) is 3.60. The van der Waals surface area contributed by atoms with Crippen LogP contribution in [0.25, 0.3) is 0 Å². The number of halogens is 1. The molecule has 4 heteroatoms. The van der Waals surface area contributed by atoms with E-state index in [-0.39, 0.29) is 5.91 Å². The molecule has 1 aliphatic rings. The maximum absolute atomic E-state index is 12.4. The largest absolute Gasteiger partial charge is 0.335 e. The molecule has 2 nitrogen and oxygen atoms in total. The maximum Gasteiger partial charge on any atom is 0.255 e. The van der Waals surface area contributed by atoms with Gasteiger partial charge in [0.2, 0.25) is 0 Å². The van der Waals surface area contributed by atoms with Crippen molar-refractivity contribution in [3.05, 3.63) is 21.9 Å². The van der Waals surface area contributed by atoms with Crippen molar-refractivity contribution in [2.24, 2.45) is 0 Å². The Balaban J connectivity index is 2.13. The molecule has 1 aromatic rings. The molecule has 1 heterocycles. The Morgan fingerprint density at radius 2 is 2.31 bits per heavy atom. The summed E-state index contributed by atoms with van der Waals surface area (Å²) in [5.41, 5.74) is 1.99. The fourth-order valence-corrected chi connectivity index (χ4v) is 3.18. The number of amides is 1. The first-order valence-corrected chi connectivity index (χ1v) is 7.70. The van der Waals surface area contributed by atoms with Gasteiger partial charge in [0.25, 0.3) is 5.91 Å². The topological polar surface area (TPSA) is 20.3 Å². The number of hydrogen-bond donors (Lipinski definition) is 0. The van der Waals surface area contributed by atoms with Gasteiger partial charge in [-0.3, -0.25) is 4.79 Å². The molecule has 1 aromatic heterocycles. The molecule has 0 atom stereocenters. The van der Waals surface area contributed by atoms with Crippen LogP contribution in [0.15, 0.2) is 10.8 Å². The Labute approximate surface area is 109 Å². The van der Waals surface area contributed by atoms with E-state index in [1.165, 1.54) is 19.3 Å². The number of rotatable bonds is 4. The van der Waals surface area contributed by atoms with Gasteiger partial charge in [0.15, 0.2) is 0 Å². The zero-order chi connectivity index (χ0) is 11.5. The van der Waals surface area contributed by atoms with Gasteiger partial charge in [-0.2, -0.15) is 11.3 Å². The molecule has 0 spiro atoms. The molecule has 1 amide bonds. The molecular formula is C12H16BrNOS. The molecule has 2 rings (SSSR count). The highest BCUT2D eigenvalue weighted by molar-refractivity contribution is 9.09. The number of carbonyl (C=O) groups is 1. The van der Waals surface area contributed by atoms with Gasteiger partial charge >= 0.3 is 0 Å². The molecule has 0 radical (unpaired) electrons. The summed E-state index contributed by atoms with van der Waals surface area (Å²) in [6, 6.07) is 0.476. The molecule has 0 bridgehead atoms. The van der Waals surface area contributed by atoms with Crippen molar-refractivity contribution < 1.29 is 4.79 Å². The zero-order valence-corrected chi connectivity index (χ0v) is 11.8. The molecule has 1 fully saturated rings. The van der Waals surface area contributed by atoms with Crippen molar-refractivity contribution in [3.8, 4) is 0 Å². The van der Waals surface area contributed by atoms with Crippen molar-refractivity contribution in [2.45, 2.75) is 32.2 Å². The van der Waals surface area contributed by atoms with E-state index in [1.807, 2.05) is 22.6 Å². The second-order valence-corrected chi connectivity index (χ2v) is 5.78. The van der Waals surface area contributed by atoms with Crippen molar-refractivity contribution in [1.29, 1.82) is 0 Å². The van der Waals surface area contributed by atoms with E-state index >= 15 is 0 Å². The second kappa shape index (κ2) is 5.32. The van der Waals surface area contributed by atoms with Crippen molar-refractivity contribution in [2.75, 3.05) is 11.9 Å². The highest BCUT2D eigenvalue weighted by atomic mass is 79.9. The molecule has 0 N–H and O–H groups in total. The predicted molar refractivity (Wildman–Crippen MR) is 71.5 cm³/mol. The Kier molecular flexibility index (Phi) is 4.03. The normalized spacial score (nSPS) is 15.9. The maximum atomic E-state index is 12.4. The van der Waals surface area contributed by atoms with Crippen LogP contribution in [0.4, 0.5) is 0 Å². The Morgan fingerprint density at radius 3 is 2.75 bits per heavy atom. The first-order valence-electron chi connectivity index (χ1n) is 5.63. The van der Waals surface area contributed by atoms with Crippen LogP contribution in [0, 0.1) is 6.92 Å². The summed E-state index contributed by atoms with van der Waals surface area (Å²) in [6.45, 7) is 2.83. The van der Waals surface area contributed by atoms with E-state index in [9.17, 15) is 4.79 Å². The first kappa shape index (κ1) is 12.1. The van der Waals surface area contributed by atoms with Gasteiger partial charge < -0.3 is 4.90 Å². The Bertz CT molecular complexity index is 373. The summed E-state index contributed by atoms with van der Waals surface area (Å²) in [5.74, 6) is 0.211. The zero-order valence-electron chi connectivity index (χ0n) is 9.41. The van der Waals surface area contributed by atoms with E-state index < -0.39 is 0 Å². The fraction of sp³-hybridized carbons (Fsp3) is 0.583. The monoisotopic (exact) mass is 301 g/mol. The van der Waals surface area contributed by atoms with Crippen LogP contribution < -0.4 is 0 Å². The first-order chi connectivity index (χ1) is 7.74. The fourth-order valence-electron chi connectivity index (χ4n) is 1.97. The van der Waals surface area contributed by atoms with Crippen molar-refractivity contribution in [1.82, 2.24) is 4.90 Å². The van der Waals surface area contributed by atoms with Crippen LogP contribution >= 0.6 is 27.3 Å². The molecule has 0 unspecified atom stereocenters. The lowest BCUT2D eigenvalue weighted by atomic mass is 9.91. The van der Waals surface area contributed by atoms with E-state index in [0.29, 0.717) is 6.04 Å². The van der Waals surface area contributed by atoms with Gasteiger partial charge in [-0.15, -0.1) is 0 Å². The van der Waals surface area contributed by atoms with Crippen molar-refractivity contribution in [3.63, 3.8) is 0 Å². The Hall–Kier alpha value is -0.350. The number of nitrogens with zero attached hydrogens (tertiary/aromatic N) is 1. The minimum absolute atomic E-state index is 0.211. The minimum Gasteiger partial charge on any atom is -0.335 e. The number of alkyl halides is 1. The smallest absolute Gasteiger partial charge is 0.255 e. The lowest BCUT2D eigenvalue weighted by Gasteiger charge is -2.37. The number of hydrogen-bond acceptors (Lipinski definition) is 2. The molecular weight excluding hydrogens is 286 g/mol. The van der Waals surface area contributed by atoms with Crippen molar-refractivity contribution >= 4 is 33.2 Å². The van der Waals surface area contributed by atoms with Gasteiger partial charge in [-0.25, -0.2) is 0 Å². The molecule has 1 aliphatic carbocycles. The summed E-state index contributed by atoms with van der Waals surface area (Å²) in [5, 5.41) is 4.87. The third-order valence-corrected chi connectivity index (χ3v) is 4.40. The summed E-state index contributed by atoms with van der Waals surface area (Å²) < 4.78 is 0. The highest BCUT2D eigenvalue weighted by Gasteiger charge is 2.29. The van der Waals surface area contributed by atoms with Gasteiger partial charge in [0, 0.05) is 23.3 Å². The van der Waals surface area contributed by atoms with Crippen LogP contribution in [0.3, 0.4) is 0 Å². The molecule has 0 saturated heterocycles. The van der Waals surface area contributed by atoms with Crippen LogP contribution in [-0.4, -0.2) is 28.7 Å². The molecule has 88 valence electrons. The van der Waals surface area contributed by atoms with Gasteiger partial charge in [-0.1, -0.05) is 15.9 Å². The van der Waals surface area contributed by atoms with E-state index in [0.717, 1.165) is 23.0 Å². The standard InChI is InChI=1S/C12H16BrNOS/c1-9-7-16-8-11(9)12(15)14(6-5-13)10-3-2-4-10/h7-8,10H,2-6H2,1H3. The predicted octanol–water partition coefficient (Wildman–Crippen LogP) is 3.45. The SMILES string of the molecule is Cc1cscc1C(=O)N(CCBr)C1CCC1. The van der Waals surface area contributed by atoms with Gasteiger partial charge in [0.1, 0.15) is 0 Å². The summed E-state index contributed by atoms with van der Waals surface area (Å²) in [7, 11) is 0. The summed E-state index contributed by atoms with van der Waals surface area (Å²) in [4.78, 5) is 14.4. The third-order valence-electron chi connectivity index (χ3n) is 3.19. The number of thiophene rings is 1. The average molecular weight is 302 g/mol. The minimum atomic E-state index is 0.211.